The molecule has 0 bridgehead atoms. The van der Waals surface area contributed by atoms with E-state index >= 15 is 0 Å². The van der Waals surface area contributed by atoms with Crippen LogP contribution >= 0.6 is 11.6 Å². The lowest BCUT2D eigenvalue weighted by Gasteiger charge is -2.23. The van der Waals surface area contributed by atoms with Crippen molar-refractivity contribution in [2.24, 2.45) is 5.92 Å². The molecule has 0 aromatic heterocycles. The summed E-state index contributed by atoms with van der Waals surface area (Å²) >= 11 is 5.84. The first kappa shape index (κ1) is 6.37. The number of alkyl halides is 1. The van der Waals surface area contributed by atoms with Gasteiger partial charge in [-0.15, -0.1) is 11.6 Å². The maximum Gasteiger partial charge on any atom is 0.0632 e. The minimum Gasteiger partial charge on any atom is -0.380 e. The molecule has 1 aliphatic rings. The number of hydrogen-bond donors (Lipinski definition) is 0. The molecule has 0 aliphatic carbocycles. The summed E-state index contributed by atoms with van der Waals surface area (Å²) in [6, 6.07) is 0. The smallest absolute Gasteiger partial charge is 0.0632 e. The van der Waals surface area contributed by atoms with E-state index in [1.54, 1.807) is 0 Å². The quantitative estimate of drug-likeness (QED) is 0.458. The molecule has 1 heterocycles. The summed E-state index contributed by atoms with van der Waals surface area (Å²) < 4.78 is 5.12. The third kappa shape index (κ3) is 1.36. The van der Waals surface area contributed by atoms with Gasteiger partial charge in [-0.05, 0) is 12.3 Å². The zero-order valence-corrected chi connectivity index (χ0v) is 5.82. The molecule has 1 saturated heterocycles. The third-order valence-electron chi connectivity index (χ3n) is 1.61. The van der Waals surface area contributed by atoms with Crippen molar-refractivity contribution in [1.82, 2.24) is 0 Å². The predicted octanol–water partition coefficient (Wildman–Crippen LogP) is 1.65. The summed E-state index contributed by atoms with van der Waals surface area (Å²) in [5.74, 6) is 0.644. The second-order valence-corrected chi connectivity index (χ2v) is 2.92. The SMILES string of the molecule is CC1CCOCC1Cl. The molecular formula is C6H11ClO. The molecular weight excluding hydrogens is 124 g/mol. The summed E-state index contributed by atoms with van der Waals surface area (Å²) in [7, 11) is 0. The van der Waals surface area contributed by atoms with Gasteiger partial charge in [-0.25, -0.2) is 0 Å². The van der Waals surface area contributed by atoms with Gasteiger partial charge in [0.05, 0.1) is 12.0 Å². The van der Waals surface area contributed by atoms with Crippen LogP contribution in [0.5, 0.6) is 0 Å². The van der Waals surface area contributed by atoms with Crippen LogP contribution in [-0.2, 0) is 4.74 Å². The highest BCUT2D eigenvalue weighted by atomic mass is 35.5. The molecule has 0 aromatic rings. The monoisotopic (exact) mass is 134 g/mol. The molecule has 0 radical (unpaired) electrons. The fourth-order valence-corrected chi connectivity index (χ4v) is 1.03. The molecule has 1 nitrogen and oxygen atoms in total. The maximum absolute atomic E-state index is 5.84. The topological polar surface area (TPSA) is 9.23 Å². The number of halogens is 1. The molecule has 48 valence electrons. The molecule has 2 heteroatoms. The van der Waals surface area contributed by atoms with Gasteiger partial charge in [0.15, 0.2) is 0 Å². The lowest BCUT2D eigenvalue weighted by atomic mass is 10.0. The molecule has 8 heavy (non-hydrogen) atoms. The van der Waals surface area contributed by atoms with E-state index in [1.807, 2.05) is 0 Å². The van der Waals surface area contributed by atoms with Crippen LogP contribution in [0.2, 0.25) is 0 Å². The second kappa shape index (κ2) is 2.70. The van der Waals surface area contributed by atoms with E-state index < -0.39 is 0 Å². The molecule has 2 atom stereocenters. The van der Waals surface area contributed by atoms with Crippen LogP contribution in [0.25, 0.3) is 0 Å². The van der Waals surface area contributed by atoms with Crippen molar-refractivity contribution in [3.05, 3.63) is 0 Å². The Morgan fingerprint density at radius 2 is 2.38 bits per heavy atom. The van der Waals surface area contributed by atoms with Gasteiger partial charge in [-0.3, -0.25) is 0 Å². The number of hydrogen-bond acceptors (Lipinski definition) is 1. The highest BCUT2D eigenvalue weighted by molar-refractivity contribution is 6.20. The van der Waals surface area contributed by atoms with Crippen molar-refractivity contribution in [3.8, 4) is 0 Å². The summed E-state index contributed by atoms with van der Waals surface area (Å²) in [4.78, 5) is 0. The van der Waals surface area contributed by atoms with Crippen LogP contribution in [0.15, 0.2) is 0 Å². The lowest BCUT2D eigenvalue weighted by Crippen LogP contribution is -2.25. The van der Waals surface area contributed by atoms with Gasteiger partial charge in [0.2, 0.25) is 0 Å². The predicted molar refractivity (Wildman–Crippen MR) is 34.2 cm³/mol. The molecule has 0 spiro atoms. The Kier molecular flexibility index (Phi) is 2.15. The third-order valence-corrected chi connectivity index (χ3v) is 2.17. The molecule has 0 amide bonds. The Morgan fingerprint density at radius 3 is 2.75 bits per heavy atom. The summed E-state index contributed by atoms with van der Waals surface area (Å²) in [6.45, 7) is 3.80. The zero-order chi connectivity index (χ0) is 5.98. The van der Waals surface area contributed by atoms with Crippen LogP contribution in [-0.4, -0.2) is 18.6 Å². The van der Waals surface area contributed by atoms with Gasteiger partial charge in [0, 0.05) is 6.61 Å². The minimum atomic E-state index is 0.253. The summed E-state index contributed by atoms with van der Waals surface area (Å²) in [5, 5.41) is 0.253. The average molecular weight is 135 g/mol. The molecule has 0 N–H and O–H groups in total. The van der Waals surface area contributed by atoms with E-state index in [-0.39, 0.29) is 5.38 Å². The first-order valence-electron chi connectivity index (χ1n) is 3.02. The molecule has 0 saturated carbocycles. The highest BCUT2D eigenvalue weighted by Crippen LogP contribution is 2.18. The van der Waals surface area contributed by atoms with Crippen molar-refractivity contribution < 1.29 is 4.74 Å². The van der Waals surface area contributed by atoms with Crippen molar-refractivity contribution in [2.45, 2.75) is 18.7 Å². The summed E-state index contributed by atoms with van der Waals surface area (Å²) in [5.41, 5.74) is 0. The Morgan fingerprint density at radius 1 is 1.62 bits per heavy atom. The molecule has 2 unspecified atom stereocenters. The summed E-state index contributed by atoms with van der Waals surface area (Å²) in [6.07, 6.45) is 1.12. The van der Waals surface area contributed by atoms with Gasteiger partial charge in [0.25, 0.3) is 0 Å². The van der Waals surface area contributed by atoms with Crippen LogP contribution in [0, 0.1) is 5.92 Å². The molecule has 1 fully saturated rings. The standard InChI is InChI=1S/C6H11ClO/c1-5-2-3-8-4-6(5)7/h5-6H,2-4H2,1H3. The fraction of sp³-hybridized carbons (Fsp3) is 1.00. The Hall–Kier alpha value is 0.250. The number of ether oxygens (including phenoxy) is 1. The largest absolute Gasteiger partial charge is 0.380 e. The van der Waals surface area contributed by atoms with Crippen LogP contribution < -0.4 is 0 Å². The van der Waals surface area contributed by atoms with Crippen molar-refractivity contribution in [2.75, 3.05) is 13.2 Å². The van der Waals surface area contributed by atoms with Gasteiger partial charge < -0.3 is 4.74 Å². The van der Waals surface area contributed by atoms with Gasteiger partial charge >= 0.3 is 0 Å². The van der Waals surface area contributed by atoms with Gasteiger partial charge in [-0.2, -0.15) is 0 Å². The van der Waals surface area contributed by atoms with Crippen molar-refractivity contribution in [3.63, 3.8) is 0 Å². The Labute approximate surface area is 55.0 Å². The minimum absolute atomic E-state index is 0.253. The number of rotatable bonds is 0. The molecule has 0 aromatic carbocycles. The van der Waals surface area contributed by atoms with E-state index in [0.29, 0.717) is 5.92 Å². The Bertz CT molecular complexity index is 64.9. The maximum atomic E-state index is 5.84. The van der Waals surface area contributed by atoms with Crippen molar-refractivity contribution in [1.29, 1.82) is 0 Å². The molecule has 1 aliphatic heterocycles. The van der Waals surface area contributed by atoms with E-state index in [1.165, 1.54) is 0 Å². The average Bonchev–Trinajstić information content (AvgIpc) is 1.77. The first-order chi connectivity index (χ1) is 3.80. The lowest BCUT2D eigenvalue weighted by molar-refractivity contribution is 0.0751. The normalized spacial score (nSPS) is 39.8. The van der Waals surface area contributed by atoms with Gasteiger partial charge in [0.1, 0.15) is 0 Å². The second-order valence-electron chi connectivity index (χ2n) is 2.36. The van der Waals surface area contributed by atoms with Crippen LogP contribution in [0.3, 0.4) is 0 Å². The van der Waals surface area contributed by atoms with Gasteiger partial charge in [-0.1, -0.05) is 6.92 Å². The van der Waals surface area contributed by atoms with E-state index in [4.69, 9.17) is 16.3 Å². The zero-order valence-electron chi connectivity index (χ0n) is 5.06. The fourth-order valence-electron chi connectivity index (χ4n) is 0.810. The van der Waals surface area contributed by atoms with E-state index in [2.05, 4.69) is 6.92 Å². The highest BCUT2D eigenvalue weighted by Gasteiger charge is 2.18. The first-order valence-corrected chi connectivity index (χ1v) is 3.46. The van der Waals surface area contributed by atoms with Crippen LogP contribution in [0.4, 0.5) is 0 Å². The molecule has 1 rings (SSSR count). The van der Waals surface area contributed by atoms with E-state index in [0.717, 1.165) is 19.6 Å². The van der Waals surface area contributed by atoms with Crippen LogP contribution in [0.1, 0.15) is 13.3 Å². The van der Waals surface area contributed by atoms with Crippen molar-refractivity contribution >= 4 is 11.6 Å². The Balaban J connectivity index is 2.28. The van der Waals surface area contributed by atoms with E-state index in [9.17, 15) is 0 Å².